The van der Waals surface area contributed by atoms with Gasteiger partial charge in [-0.15, -0.1) is 5.10 Å². The number of ether oxygens (including phenoxy) is 1. The number of non-ortho nitro benzene ring substituents is 1. The van der Waals surface area contributed by atoms with Crippen molar-refractivity contribution in [2.24, 2.45) is 10.2 Å². The lowest BCUT2D eigenvalue weighted by atomic mass is 10.2. The van der Waals surface area contributed by atoms with E-state index in [1.54, 1.807) is 78.9 Å². The summed E-state index contributed by atoms with van der Waals surface area (Å²) in [5, 5.41) is 23.0. The van der Waals surface area contributed by atoms with Gasteiger partial charge in [0.15, 0.2) is 11.8 Å². The maximum absolute atomic E-state index is 13.5. The number of nitro benzene ring substituents is 1. The first-order chi connectivity index (χ1) is 20.9. The lowest BCUT2D eigenvalue weighted by Crippen LogP contribution is -2.28. The Balaban J connectivity index is 1.34. The van der Waals surface area contributed by atoms with E-state index in [4.69, 9.17) is 20.8 Å². The highest BCUT2D eigenvalue weighted by Gasteiger charge is 2.34. The van der Waals surface area contributed by atoms with Gasteiger partial charge in [-0.1, -0.05) is 41.9 Å². The van der Waals surface area contributed by atoms with E-state index in [0.29, 0.717) is 38.3 Å². The second-order valence-corrected chi connectivity index (χ2v) is 10.4. The number of nitro groups is 1. The third-order valence-electron chi connectivity index (χ3n) is 5.91. The Morgan fingerprint density at radius 2 is 1.91 bits per heavy atom. The number of carbonyl (C=O) groups is 2. The fourth-order valence-corrected chi connectivity index (χ4v) is 4.94. The Morgan fingerprint density at radius 3 is 2.67 bits per heavy atom. The number of hydrogen-bond donors (Lipinski definition) is 1. The van der Waals surface area contributed by atoms with Crippen molar-refractivity contribution < 1.29 is 23.7 Å². The van der Waals surface area contributed by atoms with Crippen molar-refractivity contribution in [2.45, 2.75) is 6.54 Å². The molecule has 43 heavy (non-hydrogen) atoms. The Labute approximate surface area is 254 Å². The maximum Gasteiger partial charge on any atom is 0.270 e. The number of anilines is 1. The quantitative estimate of drug-likeness (QED) is 0.0946. The van der Waals surface area contributed by atoms with Gasteiger partial charge in [0.2, 0.25) is 0 Å². The van der Waals surface area contributed by atoms with E-state index < -0.39 is 4.92 Å². The topological polar surface area (TPSA) is 140 Å². The number of amides is 2. The maximum atomic E-state index is 13.5. The summed E-state index contributed by atoms with van der Waals surface area (Å²) in [6, 6.07) is 23.1. The number of para-hydroxylation sites is 1. The molecule has 1 saturated heterocycles. The summed E-state index contributed by atoms with van der Waals surface area (Å²) in [4.78, 5) is 38.3. The molecule has 4 aromatic rings. The summed E-state index contributed by atoms with van der Waals surface area (Å²) < 4.78 is 11.2. The molecular weight excluding hydrogens is 594 g/mol. The molecule has 0 bridgehead atoms. The first kappa shape index (κ1) is 29.3. The normalized spacial score (nSPS) is 15.0. The third kappa shape index (κ3) is 7.76. The number of furan rings is 1. The van der Waals surface area contributed by atoms with E-state index in [0.717, 1.165) is 11.8 Å². The van der Waals surface area contributed by atoms with E-state index in [9.17, 15) is 19.7 Å². The minimum absolute atomic E-state index is 0.0740. The Kier molecular flexibility index (Phi) is 9.29. The van der Waals surface area contributed by atoms with Crippen molar-refractivity contribution in [2.75, 3.05) is 11.9 Å². The highest BCUT2D eigenvalue weighted by atomic mass is 35.5. The molecule has 11 nitrogen and oxygen atoms in total. The van der Waals surface area contributed by atoms with Crippen LogP contribution in [-0.4, -0.2) is 39.6 Å². The molecular formula is C30H22ClN5O6S. The van der Waals surface area contributed by atoms with Crippen LogP contribution in [0.5, 0.6) is 5.75 Å². The van der Waals surface area contributed by atoms with Crippen LogP contribution >= 0.6 is 23.4 Å². The molecule has 0 atom stereocenters. The number of thioether (sulfide) groups is 1. The lowest BCUT2D eigenvalue weighted by Gasteiger charge is -2.12. The summed E-state index contributed by atoms with van der Waals surface area (Å²) in [5.41, 5.74) is 1.57. The molecule has 0 unspecified atom stereocenters. The van der Waals surface area contributed by atoms with E-state index in [1.807, 2.05) is 0 Å². The number of benzene rings is 3. The zero-order valence-corrected chi connectivity index (χ0v) is 23.8. The first-order valence-corrected chi connectivity index (χ1v) is 13.9. The molecule has 0 spiro atoms. The standard InChI is InChI=1S/C30H22ClN5O6S/c31-22-10-12-23(13-11-22)33-28(37)19-42-26-9-2-1-6-21(26)16-27-29(38)35(18-25-8-4-14-41-25)30(43-27)34-32-17-20-5-3-7-24(15-20)36(39)40/h1-17H,18-19H2,(H,33,37)/b27-16-,32-17+,34-30-. The second kappa shape index (κ2) is 13.6. The van der Waals surface area contributed by atoms with Gasteiger partial charge in [0.1, 0.15) is 11.5 Å². The largest absolute Gasteiger partial charge is 0.483 e. The Bertz CT molecular complexity index is 1740. The molecule has 13 heteroatoms. The minimum Gasteiger partial charge on any atom is -0.483 e. The molecule has 2 amide bonds. The smallest absolute Gasteiger partial charge is 0.270 e. The van der Waals surface area contributed by atoms with Gasteiger partial charge in [0.05, 0.1) is 28.9 Å². The number of halogens is 1. The van der Waals surface area contributed by atoms with Gasteiger partial charge in [-0.2, -0.15) is 5.10 Å². The predicted octanol–water partition coefficient (Wildman–Crippen LogP) is 6.37. The highest BCUT2D eigenvalue weighted by molar-refractivity contribution is 8.18. The average molecular weight is 616 g/mol. The second-order valence-electron chi connectivity index (χ2n) is 8.94. The average Bonchev–Trinajstić information content (AvgIpc) is 3.62. The Morgan fingerprint density at radius 1 is 1.09 bits per heavy atom. The Hall–Kier alpha value is -5.20. The number of carbonyl (C=O) groups excluding carboxylic acids is 2. The molecule has 3 aromatic carbocycles. The number of hydrogen-bond acceptors (Lipinski definition) is 9. The minimum atomic E-state index is -0.496. The van der Waals surface area contributed by atoms with Gasteiger partial charge in [-0.3, -0.25) is 24.6 Å². The van der Waals surface area contributed by atoms with Crippen LogP contribution in [0.4, 0.5) is 11.4 Å². The summed E-state index contributed by atoms with van der Waals surface area (Å²) in [7, 11) is 0. The van der Waals surface area contributed by atoms with Crippen LogP contribution in [0.15, 0.2) is 111 Å². The summed E-state index contributed by atoms with van der Waals surface area (Å²) in [6.45, 7) is -0.141. The van der Waals surface area contributed by atoms with E-state index in [2.05, 4.69) is 15.5 Å². The van der Waals surface area contributed by atoms with Crippen LogP contribution in [0.3, 0.4) is 0 Å². The van der Waals surface area contributed by atoms with Gasteiger partial charge >= 0.3 is 0 Å². The first-order valence-electron chi connectivity index (χ1n) is 12.7. The van der Waals surface area contributed by atoms with E-state index in [1.165, 1.54) is 29.5 Å². The molecule has 1 N–H and O–H groups in total. The molecule has 0 saturated carbocycles. The van der Waals surface area contributed by atoms with Gasteiger partial charge in [-0.05, 0) is 60.3 Å². The number of rotatable bonds is 10. The van der Waals surface area contributed by atoms with E-state index >= 15 is 0 Å². The van der Waals surface area contributed by atoms with Crippen molar-refractivity contribution in [1.82, 2.24) is 4.90 Å². The van der Waals surface area contributed by atoms with Crippen molar-refractivity contribution in [1.29, 1.82) is 0 Å². The molecule has 5 rings (SSSR count). The van der Waals surface area contributed by atoms with Crippen molar-refractivity contribution in [3.05, 3.63) is 128 Å². The molecule has 2 heterocycles. The lowest BCUT2D eigenvalue weighted by molar-refractivity contribution is -0.384. The van der Waals surface area contributed by atoms with Crippen LogP contribution in [0, 0.1) is 10.1 Å². The monoisotopic (exact) mass is 615 g/mol. The molecule has 0 aliphatic carbocycles. The zero-order chi connectivity index (χ0) is 30.2. The van der Waals surface area contributed by atoms with Gasteiger partial charge in [0, 0.05) is 34.0 Å². The number of nitrogens with zero attached hydrogens (tertiary/aromatic N) is 4. The van der Waals surface area contributed by atoms with Gasteiger partial charge < -0.3 is 14.5 Å². The number of amidine groups is 1. The van der Waals surface area contributed by atoms with Crippen LogP contribution in [-0.2, 0) is 16.1 Å². The van der Waals surface area contributed by atoms with Crippen LogP contribution in [0.1, 0.15) is 16.9 Å². The summed E-state index contributed by atoms with van der Waals surface area (Å²) in [6.07, 6.45) is 4.53. The highest BCUT2D eigenvalue weighted by Crippen LogP contribution is 2.35. The van der Waals surface area contributed by atoms with Crippen LogP contribution in [0.2, 0.25) is 5.02 Å². The fourth-order valence-electron chi connectivity index (χ4n) is 3.89. The molecule has 1 fully saturated rings. The molecule has 216 valence electrons. The zero-order valence-electron chi connectivity index (χ0n) is 22.3. The SMILES string of the molecule is O=C(COc1ccccc1/C=C1\S/C(=N\N=C\c2cccc([N+](=O)[O-])c2)N(Cc2ccco2)C1=O)Nc1ccc(Cl)cc1. The van der Waals surface area contributed by atoms with Crippen LogP contribution < -0.4 is 10.1 Å². The number of nitrogens with one attached hydrogen (secondary N) is 1. The van der Waals surface area contributed by atoms with Crippen molar-refractivity contribution >= 4 is 64.0 Å². The fraction of sp³-hybridized carbons (Fsp3) is 0.0667. The predicted molar refractivity (Wildman–Crippen MR) is 165 cm³/mol. The van der Waals surface area contributed by atoms with Crippen LogP contribution in [0.25, 0.3) is 6.08 Å². The van der Waals surface area contributed by atoms with E-state index in [-0.39, 0.29) is 35.8 Å². The van der Waals surface area contributed by atoms with Crippen molar-refractivity contribution in [3.8, 4) is 5.75 Å². The molecule has 1 aliphatic heterocycles. The molecule has 1 aliphatic rings. The molecule has 0 radical (unpaired) electrons. The summed E-state index contributed by atoms with van der Waals surface area (Å²) >= 11 is 7.00. The molecule has 1 aromatic heterocycles. The van der Waals surface area contributed by atoms with Gasteiger partial charge in [-0.25, -0.2) is 0 Å². The van der Waals surface area contributed by atoms with Crippen molar-refractivity contribution in [3.63, 3.8) is 0 Å². The summed E-state index contributed by atoms with van der Waals surface area (Å²) in [5.74, 6) is 0.250. The third-order valence-corrected chi connectivity index (χ3v) is 7.15. The van der Waals surface area contributed by atoms with Gasteiger partial charge in [0.25, 0.3) is 17.5 Å².